The maximum atomic E-state index is 11.4. The lowest BCUT2D eigenvalue weighted by Gasteiger charge is -2.01. The predicted octanol–water partition coefficient (Wildman–Crippen LogP) is 2.09. The van der Waals surface area contributed by atoms with E-state index in [0.717, 1.165) is 6.07 Å². The van der Waals surface area contributed by atoms with Gasteiger partial charge in [0.05, 0.1) is 11.5 Å². The van der Waals surface area contributed by atoms with Gasteiger partial charge in [-0.15, -0.1) is 0 Å². The van der Waals surface area contributed by atoms with Gasteiger partial charge in [0.1, 0.15) is 11.3 Å². The summed E-state index contributed by atoms with van der Waals surface area (Å²) >= 11 is 0. The maximum Gasteiger partial charge on any atom is 0.339 e. The molecule has 0 bridgehead atoms. The van der Waals surface area contributed by atoms with Gasteiger partial charge < -0.3 is 9.52 Å². The Bertz CT molecular complexity index is 610. The summed E-state index contributed by atoms with van der Waals surface area (Å²) < 4.78 is 4.91. The van der Waals surface area contributed by atoms with Crippen LogP contribution < -0.4 is 5.63 Å². The van der Waals surface area contributed by atoms with E-state index in [1.807, 2.05) is 0 Å². The maximum absolute atomic E-state index is 11.4. The van der Waals surface area contributed by atoms with Crippen LogP contribution in [-0.2, 0) is 0 Å². The Morgan fingerprint density at radius 2 is 2.12 bits per heavy atom. The molecule has 4 nitrogen and oxygen atoms in total. The number of carbonyl (C=O) groups is 1. The zero-order chi connectivity index (χ0) is 11.7. The molecular weight excluding hydrogens is 208 g/mol. The van der Waals surface area contributed by atoms with Crippen molar-refractivity contribution in [1.29, 1.82) is 0 Å². The lowest BCUT2D eigenvalue weighted by Crippen LogP contribution is -1.99. The first-order valence-electron chi connectivity index (χ1n) is 4.92. The van der Waals surface area contributed by atoms with Crippen molar-refractivity contribution in [2.75, 3.05) is 0 Å². The summed E-state index contributed by atoms with van der Waals surface area (Å²) in [6.07, 6.45) is 0.383. The van der Waals surface area contributed by atoms with Gasteiger partial charge in [0.25, 0.3) is 0 Å². The molecule has 0 spiro atoms. The molecule has 82 valence electrons. The molecule has 0 unspecified atom stereocenters. The number of benzene rings is 1. The van der Waals surface area contributed by atoms with Crippen LogP contribution in [0.15, 0.2) is 33.5 Å². The molecule has 1 aromatic carbocycles. The lowest BCUT2D eigenvalue weighted by molar-refractivity contribution is 0.0988. The van der Waals surface area contributed by atoms with Gasteiger partial charge in [-0.25, -0.2) is 4.79 Å². The van der Waals surface area contributed by atoms with Crippen molar-refractivity contribution in [3.05, 3.63) is 40.2 Å². The summed E-state index contributed by atoms with van der Waals surface area (Å²) in [5.74, 6) is -0.172. The van der Waals surface area contributed by atoms with Gasteiger partial charge in [0, 0.05) is 12.0 Å². The summed E-state index contributed by atoms with van der Waals surface area (Å²) in [7, 11) is 0. The Morgan fingerprint density at radius 3 is 2.81 bits per heavy atom. The minimum absolute atomic E-state index is 0.0344. The Labute approximate surface area is 91.1 Å². The van der Waals surface area contributed by atoms with Crippen LogP contribution in [0.5, 0.6) is 5.75 Å². The Hall–Kier alpha value is -2.10. The van der Waals surface area contributed by atoms with Crippen molar-refractivity contribution < 1.29 is 14.3 Å². The SMILES string of the molecule is CCC(=O)c1ccc2c(O)cc(=O)oc2c1. The van der Waals surface area contributed by atoms with Crippen LogP contribution in [0.2, 0.25) is 0 Å². The molecule has 2 aromatic rings. The van der Waals surface area contributed by atoms with Gasteiger partial charge in [0.2, 0.25) is 0 Å². The van der Waals surface area contributed by atoms with Gasteiger partial charge in [-0.2, -0.15) is 0 Å². The average molecular weight is 218 g/mol. The van der Waals surface area contributed by atoms with E-state index in [4.69, 9.17) is 4.42 Å². The van der Waals surface area contributed by atoms with Crippen molar-refractivity contribution in [2.45, 2.75) is 13.3 Å². The van der Waals surface area contributed by atoms with Crippen LogP contribution >= 0.6 is 0 Å². The van der Waals surface area contributed by atoms with Gasteiger partial charge in [0.15, 0.2) is 5.78 Å². The van der Waals surface area contributed by atoms with Gasteiger partial charge in [-0.3, -0.25) is 4.79 Å². The van der Waals surface area contributed by atoms with E-state index in [-0.39, 0.29) is 17.1 Å². The highest BCUT2D eigenvalue weighted by Gasteiger charge is 2.08. The molecule has 0 aliphatic carbocycles. The number of carbonyl (C=O) groups excluding carboxylic acids is 1. The first-order chi connectivity index (χ1) is 7.61. The normalized spacial score (nSPS) is 10.6. The van der Waals surface area contributed by atoms with Crippen molar-refractivity contribution in [1.82, 2.24) is 0 Å². The first kappa shape index (κ1) is 10.4. The van der Waals surface area contributed by atoms with Crippen LogP contribution in [0.4, 0.5) is 0 Å². The number of rotatable bonds is 2. The van der Waals surface area contributed by atoms with Crippen LogP contribution in [0.25, 0.3) is 11.0 Å². The van der Waals surface area contributed by atoms with Gasteiger partial charge >= 0.3 is 5.63 Å². The molecule has 0 radical (unpaired) electrons. The highest BCUT2D eigenvalue weighted by atomic mass is 16.4. The summed E-state index contributed by atoms with van der Waals surface area (Å²) in [5, 5.41) is 9.92. The molecule has 1 N–H and O–H groups in total. The Kier molecular flexibility index (Phi) is 2.48. The van der Waals surface area contributed by atoms with E-state index in [9.17, 15) is 14.7 Å². The summed E-state index contributed by atoms with van der Waals surface area (Å²) in [4.78, 5) is 22.5. The van der Waals surface area contributed by atoms with E-state index < -0.39 is 5.63 Å². The van der Waals surface area contributed by atoms with Crippen molar-refractivity contribution >= 4 is 16.8 Å². The largest absolute Gasteiger partial charge is 0.507 e. The number of hydrogen-bond donors (Lipinski definition) is 1. The summed E-state index contributed by atoms with van der Waals surface area (Å²) in [5.41, 5.74) is 0.0687. The van der Waals surface area contributed by atoms with E-state index in [0.29, 0.717) is 17.4 Å². The molecule has 16 heavy (non-hydrogen) atoms. The molecule has 0 atom stereocenters. The van der Waals surface area contributed by atoms with E-state index in [1.165, 1.54) is 6.07 Å². The molecule has 2 rings (SSSR count). The summed E-state index contributed by atoms with van der Waals surface area (Å²) in [6, 6.07) is 5.65. The molecule has 4 heteroatoms. The highest BCUT2D eigenvalue weighted by molar-refractivity contribution is 5.99. The predicted molar refractivity (Wildman–Crippen MR) is 58.8 cm³/mol. The zero-order valence-electron chi connectivity index (χ0n) is 8.69. The number of hydrogen-bond acceptors (Lipinski definition) is 4. The minimum atomic E-state index is -0.633. The molecule has 0 fully saturated rings. The fourth-order valence-corrected chi connectivity index (χ4v) is 1.52. The Morgan fingerprint density at radius 1 is 1.38 bits per heavy atom. The highest BCUT2D eigenvalue weighted by Crippen LogP contribution is 2.23. The van der Waals surface area contributed by atoms with Crippen molar-refractivity contribution in [3.63, 3.8) is 0 Å². The van der Waals surface area contributed by atoms with Crippen LogP contribution in [-0.4, -0.2) is 10.9 Å². The fourth-order valence-electron chi connectivity index (χ4n) is 1.52. The topological polar surface area (TPSA) is 67.5 Å². The molecule has 0 amide bonds. The average Bonchev–Trinajstić information content (AvgIpc) is 2.27. The standard InChI is InChI=1S/C12H10O4/c1-2-9(13)7-3-4-8-10(14)6-12(15)16-11(8)5-7/h3-6,14H,2H2,1H3. The third-order valence-corrected chi connectivity index (χ3v) is 2.37. The molecule has 1 heterocycles. The van der Waals surface area contributed by atoms with E-state index in [1.54, 1.807) is 19.1 Å². The second kappa shape index (κ2) is 3.81. The molecular formula is C12H10O4. The molecule has 0 saturated heterocycles. The molecule has 0 aliphatic rings. The molecule has 1 aromatic heterocycles. The second-order valence-corrected chi connectivity index (χ2v) is 3.44. The Balaban J connectivity index is 2.71. The number of fused-ring (bicyclic) bond motifs is 1. The third-order valence-electron chi connectivity index (χ3n) is 2.37. The molecule has 0 saturated carbocycles. The number of Topliss-reactive ketones (excluding diaryl/α,β-unsaturated/α-hetero) is 1. The number of ketones is 1. The van der Waals surface area contributed by atoms with Gasteiger partial charge in [-0.1, -0.05) is 13.0 Å². The smallest absolute Gasteiger partial charge is 0.339 e. The zero-order valence-corrected chi connectivity index (χ0v) is 8.69. The van der Waals surface area contributed by atoms with E-state index in [2.05, 4.69) is 0 Å². The van der Waals surface area contributed by atoms with Crippen LogP contribution in [0.3, 0.4) is 0 Å². The minimum Gasteiger partial charge on any atom is -0.507 e. The molecule has 0 aliphatic heterocycles. The monoisotopic (exact) mass is 218 g/mol. The third kappa shape index (κ3) is 1.69. The first-order valence-corrected chi connectivity index (χ1v) is 4.92. The van der Waals surface area contributed by atoms with Crippen LogP contribution in [0, 0.1) is 0 Å². The summed E-state index contributed by atoms with van der Waals surface area (Å²) in [6.45, 7) is 1.76. The van der Waals surface area contributed by atoms with Gasteiger partial charge in [-0.05, 0) is 12.1 Å². The van der Waals surface area contributed by atoms with E-state index >= 15 is 0 Å². The second-order valence-electron chi connectivity index (χ2n) is 3.44. The lowest BCUT2D eigenvalue weighted by atomic mass is 10.1. The number of aromatic hydroxyl groups is 1. The van der Waals surface area contributed by atoms with Crippen LogP contribution in [0.1, 0.15) is 23.7 Å². The quantitative estimate of drug-likeness (QED) is 0.619. The van der Waals surface area contributed by atoms with Crippen molar-refractivity contribution in [3.8, 4) is 5.75 Å². The van der Waals surface area contributed by atoms with Crippen molar-refractivity contribution in [2.24, 2.45) is 0 Å². The fraction of sp³-hybridized carbons (Fsp3) is 0.167.